The van der Waals surface area contributed by atoms with Gasteiger partial charge >= 0.3 is 5.97 Å². The van der Waals surface area contributed by atoms with Gasteiger partial charge in [-0.1, -0.05) is 31.2 Å². The normalized spacial score (nSPS) is 14.9. The average molecular weight is 411 g/mol. The van der Waals surface area contributed by atoms with Crippen molar-refractivity contribution in [1.82, 2.24) is 5.32 Å². The highest BCUT2D eigenvalue weighted by Gasteiger charge is 2.31. The minimum absolute atomic E-state index is 0.00651. The standard InChI is InChI=1S/C22H25N3O5/c1-3-12-23-21(27)19-13-25(17-10-6-7-11-18(17)30-19)14-20(26)24-16-9-5-4-8-15(16)22(28)29-2/h4-11,19H,3,12-14H2,1-2H3,(H,23,27)(H,24,26)/t19-/m0/s1. The molecule has 0 bridgehead atoms. The second-order valence-electron chi connectivity index (χ2n) is 6.83. The fourth-order valence-corrected chi connectivity index (χ4v) is 3.20. The SMILES string of the molecule is CCCNC(=O)[C@@H]1CN(CC(=O)Nc2ccccc2C(=O)OC)c2ccccc2O1. The zero-order valence-electron chi connectivity index (χ0n) is 17.0. The number of rotatable bonds is 7. The topological polar surface area (TPSA) is 97.0 Å². The van der Waals surface area contributed by atoms with Crippen molar-refractivity contribution in [3.63, 3.8) is 0 Å². The summed E-state index contributed by atoms with van der Waals surface area (Å²) in [7, 11) is 1.29. The van der Waals surface area contributed by atoms with E-state index in [2.05, 4.69) is 10.6 Å². The lowest BCUT2D eigenvalue weighted by molar-refractivity contribution is -0.128. The van der Waals surface area contributed by atoms with Gasteiger partial charge in [-0.05, 0) is 30.7 Å². The number of carbonyl (C=O) groups is 3. The van der Waals surface area contributed by atoms with E-state index in [1.807, 2.05) is 25.1 Å². The average Bonchev–Trinajstić information content (AvgIpc) is 2.77. The summed E-state index contributed by atoms with van der Waals surface area (Å²) >= 11 is 0. The molecular formula is C22H25N3O5. The predicted octanol–water partition coefficient (Wildman–Crippen LogP) is 2.21. The molecule has 2 aromatic rings. The van der Waals surface area contributed by atoms with Crippen LogP contribution in [0.4, 0.5) is 11.4 Å². The van der Waals surface area contributed by atoms with Crippen LogP contribution < -0.4 is 20.3 Å². The molecule has 2 aromatic carbocycles. The van der Waals surface area contributed by atoms with E-state index in [9.17, 15) is 14.4 Å². The summed E-state index contributed by atoms with van der Waals surface area (Å²) in [5.41, 5.74) is 1.37. The van der Waals surface area contributed by atoms with Crippen LogP contribution in [0.3, 0.4) is 0 Å². The minimum atomic E-state index is -0.721. The number of anilines is 2. The second-order valence-corrected chi connectivity index (χ2v) is 6.83. The van der Waals surface area contributed by atoms with Gasteiger partial charge in [-0.3, -0.25) is 9.59 Å². The Morgan fingerprint density at radius 1 is 1.13 bits per heavy atom. The molecule has 0 radical (unpaired) electrons. The Balaban J connectivity index is 1.75. The van der Waals surface area contributed by atoms with Gasteiger partial charge in [0.05, 0.1) is 37.1 Å². The third-order valence-corrected chi connectivity index (χ3v) is 4.64. The molecule has 0 aromatic heterocycles. The molecule has 158 valence electrons. The number of carbonyl (C=O) groups excluding carboxylic acids is 3. The van der Waals surface area contributed by atoms with Gasteiger partial charge in [-0.15, -0.1) is 0 Å². The number of fused-ring (bicyclic) bond motifs is 1. The largest absolute Gasteiger partial charge is 0.477 e. The first-order valence-electron chi connectivity index (χ1n) is 9.79. The maximum absolute atomic E-state index is 12.8. The number of amides is 2. The number of hydrogen-bond acceptors (Lipinski definition) is 6. The highest BCUT2D eigenvalue weighted by atomic mass is 16.5. The van der Waals surface area contributed by atoms with Crippen molar-refractivity contribution >= 4 is 29.2 Å². The number of para-hydroxylation sites is 3. The summed E-state index contributed by atoms with van der Waals surface area (Å²) in [6.07, 6.45) is 0.0995. The summed E-state index contributed by atoms with van der Waals surface area (Å²) in [6.45, 7) is 2.76. The van der Waals surface area contributed by atoms with Gasteiger partial charge in [0.1, 0.15) is 5.75 Å². The first-order chi connectivity index (χ1) is 14.5. The molecule has 1 heterocycles. The van der Waals surface area contributed by atoms with Gasteiger partial charge in [0.25, 0.3) is 5.91 Å². The van der Waals surface area contributed by atoms with Crippen LogP contribution >= 0.6 is 0 Å². The molecular weight excluding hydrogens is 386 g/mol. The summed E-state index contributed by atoms with van der Waals surface area (Å²) in [6, 6.07) is 13.9. The molecule has 1 aliphatic heterocycles. The Bertz CT molecular complexity index is 930. The van der Waals surface area contributed by atoms with E-state index in [4.69, 9.17) is 9.47 Å². The first kappa shape index (κ1) is 21.2. The van der Waals surface area contributed by atoms with Crippen LogP contribution in [0.15, 0.2) is 48.5 Å². The Hall–Kier alpha value is -3.55. The minimum Gasteiger partial charge on any atom is -0.477 e. The van der Waals surface area contributed by atoms with E-state index in [-0.39, 0.29) is 30.5 Å². The lowest BCUT2D eigenvalue weighted by Gasteiger charge is -2.35. The number of benzene rings is 2. The van der Waals surface area contributed by atoms with E-state index in [0.29, 0.717) is 18.0 Å². The molecule has 0 unspecified atom stereocenters. The van der Waals surface area contributed by atoms with E-state index in [1.54, 1.807) is 35.2 Å². The molecule has 8 heteroatoms. The second kappa shape index (κ2) is 9.78. The monoisotopic (exact) mass is 411 g/mol. The van der Waals surface area contributed by atoms with Gasteiger partial charge in [0, 0.05) is 6.54 Å². The third-order valence-electron chi connectivity index (χ3n) is 4.64. The maximum Gasteiger partial charge on any atom is 0.339 e. The molecule has 1 aliphatic rings. The summed E-state index contributed by atoms with van der Waals surface area (Å²) < 4.78 is 10.6. The number of methoxy groups -OCH3 is 1. The number of nitrogens with zero attached hydrogens (tertiary/aromatic N) is 1. The fraction of sp³-hybridized carbons (Fsp3) is 0.318. The lowest BCUT2D eigenvalue weighted by Crippen LogP contribution is -2.50. The third kappa shape index (κ3) is 4.89. The Morgan fingerprint density at radius 2 is 1.87 bits per heavy atom. The highest BCUT2D eigenvalue weighted by Crippen LogP contribution is 2.33. The van der Waals surface area contributed by atoms with Crippen molar-refractivity contribution in [1.29, 1.82) is 0 Å². The molecule has 1 atom stereocenters. The number of ether oxygens (including phenoxy) is 2. The molecule has 8 nitrogen and oxygen atoms in total. The van der Waals surface area contributed by atoms with Gasteiger partial charge in [0.15, 0.2) is 6.10 Å². The number of esters is 1. The van der Waals surface area contributed by atoms with Gasteiger partial charge < -0.3 is 25.0 Å². The zero-order chi connectivity index (χ0) is 21.5. The van der Waals surface area contributed by atoms with Gasteiger partial charge in [0.2, 0.25) is 5.91 Å². The van der Waals surface area contributed by atoms with Crippen LogP contribution in [0.2, 0.25) is 0 Å². The van der Waals surface area contributed by atoms with Crippen molar-refractivity contribution in [2.24, 2.45) is 0 Å². The molecule has 0 fully saturated rings. The van der Waals surface area contributed by atoms with E-state index < -0.39 is 12.1 Å². The van der Waals surface area contributed by atoms with Crippen LogP contribution in [0.25, 0.3) is 0 Å². The molecule has 3 rings (SSSR count). The molecule has 0 saturated carbocycles. The summed E-state index contributed by atoms with van der Waals surface area (Å²) in [5, 5.41) is 5.59. The molecule has 0 saturated heterocycles. The Labute approximate surface area is 175 Å². The Morgan fingerprint density at radius 3 is 2.63 bits per heavy atom. The van der Waals surface area contributed by atoms with Crippen LogP contribution in [-0.2, 0) is 14.3 Å². The lowest BCUT2D eigenvalue weighted by atomic mass is 10.1. The zero-order valence-corrected chi connectivity index (χ0v) is 17.0. The molecule has 0 aliphatic carbocycles. The van der Waals surface area contributed by atoms with Crippen LogP contribution in [0, 0.1) is 0 Å². The molecule has 30 heavy (non-hydrogen) atoms. The van der Waals surface area contributed by atoms with Crippen LogP contribution in [-0.4, -0.2) is 50.6 Å². The Kier molecular flexibility index (Phi) is 6.90. The first-order valence-corrected chi connectivity index (χ1v) is 9.79. The molecule has 0 spiro atoms. The quantitative estimate of drug-likeness (QED) is 0.678. The molecule has 2 amide bonds. The van der Waals surface area contributed by atoms with Crippen molar-refractivity contribution in [2.75, 3.05) is 37.0 Å². The van der Waals surface area contributed by atoms with Gasteiger partial charge in [-0.2, -0.15) is 0 Å². The van der Waals surface area contributed by atoms with Crippen molar-refractivity contribution in [3.05, 3.63) is 54.1 Å². The van der Waals surface area contributed by atoms with E-state index in [1.165, 1.54) is 7.11 Å². The van der Waals surface area contributed by atoms with Crippen LogP contribution in [0.5, 0.6) is 5.75 Å². The number of hydrogen-bond donors (Lipinski definition) is 2. The predicted molar refractivity (Wildman–Crippen MR) is 113 cm³/mol. The van der Waals surface area contributed by atoms with Crippen LogP contribution in [0.1, 0.15) is 23.7 Å². The summed E-state index contributed by atoms with van der Waals surface area (Å²) in [5.74, 6) is -0.526. The van der Waals surface area contributed by atoms with E-state index in [0.717, 1.165) is 12.1 Å². The van der Waals surface area contributed by atoms with Crippen molar-refractivity contribution < 1.29 is 23.9 Å². The summed E-state index contributed by atoms with van der Waals surface area (Å²) in [4.78, 5) is 38.9. The maximum atomic E-state index is 12.8. The van der Waals surface area contributed by atoms with Gasteiger partial charge in [-0.25, -0.2) is 4.79 Å². The highest BCUT2D eigenvalue weighted by molar-refractivity contribution is 6.02. The fourth-order valence-electron chi connectivity index (χ4n) is 3.20. The molecule has 2 N–H and O–H groups in total. The number of nitrogens with one attached hydrogen (secondary N) is 2. The van der Waals surface area contributed by atoms with Crippen molar-refractivity contribution in [2.45, 2.75) is 19.4 Å². The van der Waals surface area contributed by atoms with Crippen molar-refractivity contribution in [3.8, 4) is 5.75 Å². The van der Waals surface area contributed by atoms with E-state index >= 15 is 0 Å². The smallest absolute Gasteiger partial charge is 0.339 e.